The van der Waals surface area contributed by atoms with Gasteiger partial charge < -0.3 is 4.74 Å². The summed E-state index contributed by atoms with van der Waals surface area (Å²) in [4.78, 5) is 7.45. The molecule has 4 rings (SSSR count). The molecule has 1 unspecified atom stereocenters. The molecule has 1 atom stereocenters. The van der Waals surface area contributed by atoms with Crippen molar-refractivity contribution in [2.24, 2.45) is 0 Å². The lowest BCUT2D eigenvalue weighted by atomic mass is 10.0. The quantitative estimate of drug-likeness (QED) is 0.514. The van der Waals surface area contributed by atoms with Crippen LogP contribution in [0.2, 0.25) is 0 Å². The van der Waals surface area contributed by atoms with Gasteiger partial charge in [-0.2, -0.15) is 5.10 Å². The second kappa shape index (κ2) is 9.23. The number of nitrogens with zero attached hydrogens (tertiary/aromatic N) is 4. The van der Waals surface area contributed by atoms with Crippen molar-refractivity contribution in [3.05, 3.63) is 76.4 Å². The van der Waals surface area contributed by atoms with E-state index in [1.165, 1.54) is 40.9 Å². The molecule has 3 aromatic rings. The monoisotopic (exact) mass is 418 g/mol. The van der Waals surface area contributed by atoms with Crippen LogP contribution in [-0.2, 0) is 13.0 Å². The average molecular weight is 419 g/mol. The fourth-order valence-electron chi connectivity index (χ4n) is 4.74. The molecule has 1 aliphatic rings. The van der Waals surface area contributed by atoms with Crippen LogP contribution in [0.25, 0.3) is 0 Å². The topological polar surface area (TPSA) is 43.2 Å². The molecule has 0 spiro atoms. The van der Waals surface area contributed by atoms with Crippen LogP contribution in [0, 0.1) is 13.8 Å². The van der Waals surface area contributed by atoms with Gasteiger partial charge >= 0.3 is 0 Å². The Morgan fingerprint density at radius 3 is 2.65 bits per heavy atom. The SMILES string of the molecule is COc1cccc(Cc2ccc(C3CCCN3Cc3c(C)nn(C(C)C)c3C)nc2)c1. The van der Waals surface area contributed by atoms with E-state index in [0.717, 1.165) is 31.0 Å². The molecular weight excluding hydrogens is 384 g/mol. The van der Waals surface area contributed by atoms with Gasteiger partial charge in [-0.3, -0.25) is 14.6 Å². The molecule has 5 heteroatoms. The van der Waals surface area contributed by atoms with Crippen LogP contribution >= 0.6 is 0 Å². The number of methoxy groups -OCH3 is 1. The molecule has 164 valence electrons. The van der Waals surface area contributed by atoms with Crippen LogP contribution in [0.4, 0.5) is 0 Å². The molecule has 0 amide bonds. The summed E-state index contributed by atoms with van der Waals surface area (Å²) in [6, 6.07) is 13.5. The van der Waals surface area contributed by atoms with Gasteiger partial charge in [0.05, 0.1) is 24.5 Å². The fourth-order valence-corrected chi connectivity index (χ4v) is 4.74. The lowest BCUT2D eigenvalue weighted by Gasteiger charge is -2.24. The van der Waals surface area contributed by atoms with Gasteiger partial charge in [-0.15, -0.1) is 0 Å². The van der Waals surface area contributed by atoms with Crippen LogP contribution in [0.15, 0.2) is 42.6 Å². The van der Waals surface area contributed by atoms with Gasteiger partial charge in [0.1, 0.15) is 5.75 Å². The third kappa shape index (κ3) is 4.67. The normalized spacial score (nSPS) is 16.9. The number of ether oxygens (including phenoxy) is 1. The van der Waals surface area contributed by atoms with Crippen LogP contribution in [0.3, 0.4) is 0 Å². The first kappa shape index (κ1) is 21.6. The molecule has 2 aromatic heterocycles. The summed E-state index contributed by atoms with van der Waals surface area (Å²) in [5, 5.41) is 4.78. The Balaban J connectivity index is 1.48. The minimum absolute atomic E-state index is 0.382. The number of hydrogen-bond acceptors (Lipinski definition) is 4. The Bertz CT molecular complexity index is 1020. The number of rotatable bonds is 7. The lowest BCUT2D eigenvalue weighted by Crippen LogP contribution is -2.24. The standard InChI is InChI=1S/C26H34N4O/c1-18(2)30-20(4)24(19(3)28-30)17-29-13-7-10-26(29)25-12-11-22(16-27-25)14-21-8-6-9-23(15-21)31-5/h6,8-9,11-12,15-16,18,26H,7,10,13-14,17H2,1-5H3. The molecule has 0 N–H and O–H groups in total. The number of aryl methyl sites for hydroxylation is 1. The van der Waals surface area contributed by atoms with E-state index in [1.807, 2.05) is 18.3 Å². The summed E-state index contributed by atoms with van der Waals surface area (Å²) >= 11 is 0. The van der Waals surface area contributed by atoms with Gasteiger partial charge in [-0.25, -0.2) is 0 Å². The van der Waals surface area contributed by atoms with Gasteiger partial charge in [-0.05, 0) is 82.8 Å². The number of likely N-dealkylation sites (tertiary alicyclic amines) is 1. The third-order valence-electron chi connectivity index (χ3n) is 6.42. The molecule has 1 saturated heterocycles. The van der Waals surface area contributed by atoms with E-state index in [-0.39, 0.29) is 0 Å². The van der Waals surface area contributed by atoms with Crippen molar-refractivity contribution in [2.75, 3.05) is 13.7 Å². The van der Waals surface area contributed by atoms with E-state index in [1.54, 1.807) is 7.11 Å². The van der Waals surface area contributed by atoms with Gasteiger partial charge in [0.2, 0.25) is 0 Å². The first-order valence-corrected chi connectivity index (χ1v) is 11.3. The largest absolute Gasteiger partial charge is 0.497 e. The van der Waals surface area contributed by atoms with Crippen LogP contribution in [0.5, 0.6) is 5.75 Å². The summed E-state index contributed by atoms with van der Waals surface area (Å²) < 4.78 is 7.50. The highest BCUT2D eigenvalue weighted by molar-refractivity contribution is 5.32. The van der Waals surface area contributed by atoms with E-state index in [2.05, 4.69) is 61.5 Å². The zero-order valence-corrected chi connectivity index (χ0v) is 19.4. The van der Waals surface area contributed by atoms with Crippen molar-refractivity contribution in [1.29, 1.82) is 0 Å². The number of pyridine rings is 1. The predicted octanol–water partition coefficient (Wildman–Crippen LogP) is 5.41. The second-order valence-electron chi connectivity index (χ2n) is 8.94. The summed E-state index contributed by atoms with van der Waals surface area (Å²) in [6.45, 7) is 10.8. The van der Waals surface area contributed by atoms with Gasteiger partial charge in [-0.1, -0.05) is 18.2 Å². The van der Waals surface area contributed by atoms with Crippen molar-refractivity contribution < 1.29 is 4.74 Å². The molecule has 3 heterocycles. The molecule has 1 aromatic carbocycles. The Kier molecular flexibility index (Phi) is 6.42. The zero-order valence-electron chi connectivity index (χ0n) is 19.4. The molecule has 31 heavy (non-hydrogen) atoms. The zero-order chi connectivity index (χ0) is 22.0. The Morgan fingerprint density at radius 1 is 1.13 bits per heavy atom. The fraction of sp³-hybridized carbons (Fsp3) is 0.462. The first-order chi connectivity index (χ1) is 15.0. The molecule has 1 fully saturated rings. The predicted molar refractivity (Wildman–Crippen MR) is 125 cm³/mol. The smallest absolute Gasteiger partial charge is 0.119 e. The summed E-state index contributed by atoms with van der Waals surface area (Å²) in [5.74, 6) is 0.898. The summed E-state index contributed by atoms with van der Waals surface area (Å²) in [6.07, 6.45) is 5.29. The highest BCUT2D eigenvalue weighted by Gasteiger charge is 2.28. The van der Waals surface area contributed by atoms with Crippen molar-refractivity contribution >= 4 is 0 Å². The molecule has 0 saturated carbocycles. The minimum atomic E-state index is 0.382. The van der Waals surface area contributed by atoms with Crippen molar-refractivity contribution in [2.45, 2.75) is 65.6 Å². The van der Waals surface area contributed by atoms with Gasteiger partial charge in [0.15, 0.2) is 0 Å². The highest BCUT2D eigenvalue weighted by atomic mass is 16.5. The summed E-state index contributed by atoms with van der Waals surface area (Å²) in [7, 11) is 1.71. The minimum Gasteiger partial charge on any atom is -0.497 e. The molecule has 0 bridgehead atoms. The van der Waals surface area contributed by atoms with E-state index in [9.17, 15) is 0 Å². The van der Waals surface area contributed by atoms with Crippen molar-refractivity contribution in [3.63, 3.8) is 0 Å². The maximum Gasteiger partial charge on any atom is 0.119 e. The maximum atomic E-state index is 5.34. The first-order valence-electron chi connectivity index (χ1n) is 11.3. The van der Waals surface area contributed by atoms with E-state index >= 15 is 0 Å². The van der Waals surface area contributed by atoms with E-state index < -0.39 is 0 Å². The Hall–Kier alpha value is -2.66. The number of aromatic nitrogens is 3. The maximum absolute atomic E-state index is 5.34. The molecular formula is C26H34N4O. The Labute approximate surface area is 186 Å². The van der Waals surface area contributed by atoms with Crippen molar-refractivity contribution in [3.8, 4) is 5.75 Å². The number of benzene rings is 1. The lowest BCUT2D eigenvalue weighted by molar-refractivity contribution is 0.243. The van der Waals surface area contributed by atoms with Crippen molar-refractivity contribution in [1.82, 2.24) is 19.7 Å². The highest BCUT2D eigenvalue weighted by Crippen LogP contribution is 2.33. The molecule has 0 aliphatic carbocycles. The number of hydrogen-bond donors (Lipinski definition) is 0. The summed E-state index contributed by atoms with van der Waals surface area (Å²) in [5.41, 5.74) is 7.46. The van der Waals surface area contributed by atoms with Crippen LogP contribution in [0.1, 0.15) is 72.5 Å². The van der Waals surface area contributed by atoms with E-state index in [0.29, 0.717) is 12.1 Å². The molecule has 1 aliphatic heterocycles. The van der Waals surface area contributed by atoms with Gasteiger partial charge in [0.25, 0.3) is 0 Å². The van der Waals surface area contributed by atoms with Crippen LogP contribution < -0.4 is 4.74 Å². The third-order valence-corrected chi connectivity index (χ3v) is 6.42. The molecule has 5 nitrogen and oxygen atoms in total. The second-order valence-corrected chi connectivity index (χ2v) is 8.94. The average Bonchev–Trinajstić information content (AvgIpc) is 3.34. The van der Waals surface area contributed by atoms with E-state index in [4.69, 9.17) is 14.8 Å². The Morgan fingerprint density at radius 2 is 1.97 bits per heavy atom. The molecule has 0 radical (unpaired) electrons. The van der Waals surface area contributed by atoms with Gasteiger partial charge in [0, 0.05) is 30.0 Å². The van der Waals surface area contributed by atoms with Crippen LogP contribution in [-0.4, -0.2) is 33.3 Å².